The summed E-state index contributed by atoms with van der Waals surface area (Å²) < 4.78 is 1.05. The third kappa shape index (κ3) is 3.47. The van der Waals surface area contributed by atoms with Crippen molar-refractivity contribution in [1.29, 1.82) is 0 Å². The second kappa shape index (κ2) is 6.59. The van der Waals surface area contributed by atoms with E-state index in [0.717, 1.165) is 20.8 Å². The Balaban J connectivity index is 1.75. The number of para-hydroxylation sites is 1. The van der Waals surface area contributed by atoms with Gasteiger partial charge in [0.15, 0.2) is 0 Å². The number of fused-ring (bicyclic) bond motifs is 1. The lowest BCUT2D eigenvalue weighted by atomic mass is 10.2. The van der Waals surface area contributed by atoms with Gasteiger partial charge in [0.25, 0.3) is 5.69 Å². The summed E-state index contributed by atoms with van der Waals surface area (Å²) in [5.74, 6) is -0.363. The Morgan fingerprint density at radius 3 is 2.83 bits per heavy atom. The zero-order valence-electron chi connectivity index (χ0n) is 12.7. The van der Waals surface area contributed by atoms with Gasteiger partial charge in [-0.1, -0.05) is 18.2 Å². The van der Waals surface area contributed by atoms with Crippen LogP contribution in [0.5, 0.6) is 0 Å². The highest BCUT2D eigenvalue weighted by atomic mass is 32.1. The first-order valence-electron chi connectivity index (χ1n) is 7.12. The van der Waals surface area contributed by atoms with Crippen LogP contribution < -0.4 is 5.32 Å². The number of nitro benzene ring substituents is 1. The number of aryl methyl sites for hydroxylation is 1. The number of rotatable bonds is 4. The van der Waals surface area contributed by atoms with Crippen molar-refractivity contribution >= 4 is 44.9 Å². The molecule has 3 rings (SSSR count). The lowest BCUT2D eigenvalue weighted by Crippen LogP contribution is -2.09. The average molecular weight is 339 g/mol. The number of carbonyl (C=O) groups is 1. The normalized spacial score (nSPS) is 11.0. The Labute approximate surface area is 141 Å². The number of nitrogens with one attached hydrogen (secondary N) is 1. The quantitative estimate of drug-likeness (QED) is 0.439. The van der Waals surface area contributed by atoms with Crippen LogP contribution in [0, 0.1) is 17.0 Å². The van der Waals surface area contributed by atoms with E-state index in [-0.39, 0.29) is 11.6 Å². The van der Waals surface area contributed by atoms with Crippen molar-refractivity contribution in [2.75, 3.05) is 5.32 Å². The molecule has 0 saturated carbocycles. The van der Waals surface area contributed by atoms with Gasteiger partial charge in [-0.25, -0.2) is 4.98 Å². The molecule has 1 N–H and O–H groups in total. The van der Waals surface area contributed by atoms with Crippen molar-refractivity contribution < 1.29 is 9.72 Å². The number of nitrogens with zero attached hydrogens (tertiary/aromatic N) is 2. The Bertz CT molecular complexity index is 930. The largest absolute Gasteiger partial charge is 0.322 e. The summed E-state index contributed by atoms with van der Waals surface area (Å²) in [6.45, 7) is 1.77. The molecule has 2 aromatic carbocycles. The van der Waals surface area contributed by atoms with E-state index in [2.05, 4.69) is 10.3 Å². The summed E-state index contributed by atoms with van der Waals surface area (Å²) in [5.41, 5.74) is 1.99. The smallest absolute Gasteiger partial charge is 0.271 e. The molecule has 0 aliphatic carbocycles. The van der Waals surface area contributed by atoms with Crippen molar-refractivity contribution in [2.45, 2.75) is 6.92 Å². The van der Waals surface area contributed by atoms with Crippen LogP contribution in [0.25, 0.3) is 16.3 Å². The molecule has 0 spiro atoms. The maximum Gasteiger partial charge on any atom is 0.271 e. The highest BCUT2D eigenvalue weighted by molar-refractivity contribution is 7.19. The highest BCUT2D eigenvalue weighted by Gasteiger charge is 2.10. The summed E-state index contributed by atoms with van der Waals surface area (Å²) in [5, 5.41) is 14.2. The second-order valence-corrected chi connectivity index (χ2v) is 6.16. The third-order valence-electron chi connectivity index (χ3n) is 3.38. The number of carbonyl (C=O) groups excluding carboxylic acids is 1. The van der Waals surface area contributed by atoms with Gasteiger partial charge in [0.1, 0.15) is 5.01 Å². The van der Waals surface area contributed by atoms with Crippen LogP contribution in [0.3, 0.4) is 0 Å². The predicted octanol–water partition coefficient (Wildman–Crippen LogP) is 4.16. The van der Waals surface area contributed by atoms with E-state index in [4.69, 9.17) is 0 Å². The zero-order valence-corrected chi connectivity index (χ0v) is 13.5. The van der Waals surface area contributed by atoms with E-state index in [1.165, 1.54) is 29.5 Å². The Hall–Kier alpha value is -3.06. The molecule has 0 aliphatic rings. The Morgan fingerprint density at radius 1 is 1.29 bits per heavy atom. The summed E-state index contributed by atoms with van der Waals surface area (Å²) in [6, 6.07) is 12.1. The molecule has 6 nitrogen and oxygen atoms in total. The molecule has 24 heavy (non-hydrogen) atoms. The summed E-state index contributed by atoms with van der Waals surface area (Å²) in [7, 11) is 0. The van der Waals surface area contributed by atoms with E-state index in [0.29, 0.717) is 5.69 Å². The Kier molecular flexibility index (Phi) is 4.35. The van der Waals surface area contributed by atoms with Crippen molar-refractivity contribution in [3.63, 3.8) is 0 Å². The van der Waals surface area contributed by atoms with E-state index in [1.54, 1.807) is 19.1 Å². The van der Waals surface area contributed by atoms with Crippen molar-refractivity contribution in [3.8, 4) is 0 Å². The van der Waals surface area contributed by atoms with E-state index in [1.807, 2.05) is 24.3 Å². The molecule has 0 unspecified atom stereocenters. The number of amides is 1. The average Bonchev–Trinajstić information content (AvgIpc) is 2.97. The topological polar surface area (TPSA) is 85.1 Å². The van der Waals surface area contributed by atoms with Gasteiger partial charge >= 0.3 is 0 Å². The lowest BCUT2D eigenvalue weighted by molar-refractivity contribution is -0.384. The maximum absolute atomic E-state index is 12.0. The van der Waals surface area contributed by atoms with Crippen LogP contribution in [0.15, 0.2) is 48.5 Å². The minimum Gasteiger partial charge on any atom is -0.322 e. The van der Waals surface area contributed by atoms with Gasteiger partial charge in [0, 0.05) is 18.2 Å². The number of anilines is 1. The van der Waals surface area contributed by atoms with E-state index in [9.17, 15) is 14.9 Å². The van der Waals surface area contributed by atoms with Gasteiger partial charge in [0.05, 0.1) is 20.8 Å². The highest BCUT2D eigenvalue weighted by Crippen LogP contribution is 2.23. The first kappa shape index (κ1) is 15.8. The van der Waals surface area contributed by atoms with Crippen LogP contribution in [-0.4, -0.2) is 15.8 Å². The number of hydrogen-bond acceptors (Lipinski definition) is 5. The van der Waals surface area contributed by atoms with Gasteiger partial charge in [-0.15, -0.1) is 11.3 Å². The molecule has 0 fully saturated rings. The van der Waals surface area contributed by atoms with Gasteiger partial charge in [-0.05, 0) is 30.7 Å². The number of nitro groups is 1. The third-order valence-corrected chi connectivity index (χ3v) is 4.38. The SMILES string of the molecule is Cc1ccc([N+](=O)[O-])cc1NC(=O)/C=C/c1nc2ccccc2s1. The molecule has 0 bridgehead atoms. The van der Waals surface area contributed by atoms with Crippen molar-refractivity contribution in [1.82, 2.24) is 4.98 Å². The first-order chi connectivity index (χ1) is 11.5. The van der Waals surface area contributed by atoms with Crippen LogP contribution in [0.2, 0.25) is 0 Å². The summed E-state index contributed by atoms with van der Waals surface area (Å²) >= 11 is 1.49. The molecular formula is C17H13N3O3S. The van der Waals surface area contributed by atoms with Gasteiger partial charge < -0.3 is 5.32 Å². The summed E-state index contributed by atoms with van der Waals surface area (Å²) in [6.07, 6.45) is 3.00. The minimum absolute atomic E-state index is 0.0638. The number of thiazole rings is 1. The maximum atomic E-state index is 12.0. The molecule has 1 heterocycles. The van der Waals surface area contributed by atoms with Gasteiger partial charge in [0.2, 0.25) is 5.91 Å². The van der Waals surface area contributed by atoms with E-state index < -0.39 is 4.92 Å². The Morgan fingerprint density at radius 2 is 2.08 bits per heavy atom. The molecule has 120 valence electrons. The first-order valence-corrected chi connectivity index (χ1v) is 7.94. The molecule has 7 heteroatoms. The predicted molar refractivity (Wildman–Crippen MR) is 95.1 cm³/mol. The number of hydrogen-bond donors (Lipinski definition) is 1. The molecule has 0 radical (unpaired) electrons. The van der Waals surface area contributed by atoms with Crippen molar-refractivity contribution in [3.05, 3.63) is 69.2 Å². The molecule has 0 aliphatic heterocycles. The summed E-state index contributed by atoms with van der Waals surface area (Å²) in [4.78, 5) is 26.8. The monoisotopic (exact) mass is 339 g/mol. The molecule has 0 atom stereocenters. The van der Waals surface area contributed by atoms with Gasteiger partial charge in [-0.3, -0.25) is 14.9 Å². The number of benzene rings is 2. The fourth-order valence-electron chi connectivity index (χ4n) is 2.14. The molecule has 0 saturated heterocycles. The van der Waals surface area contributed by atoms with E-state index >= 15 is 0 Å². The molecule has 3 aromatic rings. The molecular weight excluding hydrogens is 326 g/mol. The fraction of sp³-hybridized carbons (Fsp3) is 0.0588. The van der Waals surface area contributed by atoms with Crippen LogP contribution in [0.1, 0.15) is 10.6 Å². The van der Waals surface area contributed by atoms with Crippen LogP contribution >= 0.6 is 11.3 Å². The lowest BCUT2D eigenvalue weighted by Gasteiger charge is -2.05. The number of non-ortho nitro benzene ring substituents is 1. The van der Waals surface area contributed by atoms with Crippen LogP contribution in [-0.2, 0) is 4.79 Å². The fourth-order valence-corrected chi connectivity index (χ4v) is 3.01. The standard InChI is InChI=1S/C17H13N3O3S/c1-11-6-7-12(20(22)23)10-14(11)18-16(21)8-9-17-19-13-4-2-3-5-15(13)24-17/h2-10H,1H3,(H,18,21)/b9-8+. The minimum atomic E-state index is -0.494. The second-order valence-electron chi connectivity index (χ2n) is 5.10. The zero-order chi connectivity index (χ0) is 17.1. The molecule has 1 aromatic heterocycles. The van der Waals surface area contributed by atoms with Crippen LogP contribution in [0.4, 0.5) is 11.4 Å². The van der Waals surface area contributed by atoms with Gasteiger partial charge in [-0.2, -0.15) is 0 Å². The van der Waals surface area contributed by atoms with Crippen molar-refractivity contribution in [2.24, 2.45) is 0 Å². The molecule has 1 amide bonds. The number of aromatic nitrogens is 1.